The van der Waals surface area contributed by atoms with E-state index in [-0.39, 0.29) is 11.0 Å². The van der Waals surface area contributed by atoms with Gasteiger partial charge in [0.15, 0.2) is 0 Å². The fraction of sp³-hybridized carbons (Fsp3) is 0.500. The summed E-state index contributed by atoms with van der Waals surface area (Å²) in [6.45, 7) is 2.72. The molecular weight excluding hydrogens is 259 g/mol. The topological polar surface area (TPSA) is 52.6 Å². The molecule has 1 unspecified atom stereocenters. The molecule has 1 aromatic rings. The van der Waals surface area contributed by atoms with Gasteiger partial charge in [-0.1, -0.05) is 0 Å². The van der Waals surface area contributed by atoms with Gasteiger partial charge < -0.3 is 9.47 Å². The normalized spacial score (nSPS) is 20.0. The molecule has 0 radical (unpaired) electrons. The second-order valence-electron chi connectivity index (χ2n) is 4.31. The summed E-state index contributed by atoms with van der Waals surface area (Å²) in [5, 5.41) is 0. The second kappa shape index (κ2) is 5.24. The Bertz CT molecular complexity index is 521. The van der Waals surface area contributed by atoms with E-state index in [1.165, 1.54) is 25.1 Å². The summed E-state index contributed by atoms with van der Waals surface area (Å²) in [6.07, 6.45) is 2.09. The second-order valence-corrected chi connectivity index (χ2v) is 5.63. The van der Waals surface area contributed by atoms with Gasteiger partial charge in [0.05, 0.1) is 6.10 Å². The Hall–Kier alpha value is -1.14. The van der Waals surface area contributed by atoms with Crippen LogP contribution >= 0.6 is 0 Å². The zero-order valence-electron chi connectivity index (χ0n) is 10.1. The number of benzene rings is 1. The number of rotatable bonds is 4. The predicted octanol–water partition coefficient (Wildman–Crippen LogP) is 2.21. The van der Waals surface area contributed by atoms with E-state index >= 15 is 0 Å². The van der Waals surface area contributed by atoms with Gasteiger partial charge in [-0.25, -0.2) is 0 Å². The zero-order chi connectivity index (χ0) is 13.2. The number of aryl methyl sites for hydroxylation is 1. The maximum atomic E-state index is 12.9. The highest BCUT2D eigenvalue weighted by Gasteiger charge is 2.18. The lowest BCUT2D eigenvalue weighted by Gasteiger charge is -2.12. The van der Waals surface area contributed by atoms with Crippen LogP contribution in [-0.2, 0) is 15.0 Å². The molecule has 1 fully saturated rings. The quantitative estimate of drug-likeness (QED) is 0.790. The first-order chi connectivity index (χ1) is 8.47. The molecule has 0 bridgehead atoms. The molecule has 1 saturated heterocycles. The van der Waals surface area contributed by atoms with Crippen LogP contribution in [0.4, 0.5) is 3.89 Å². The van der Waals surface area contributed by atoms with E-state index in [0.29, 0.717) is 17.9 Å². The number of ether oxygens (including phenoxy) is 2. The highest BCUT2D eigenvalue weighted by molar-refractivity contribution is 7.86. The molecule has 0 amide bonds. The monoisotopic (exact) mass is 274 g/mol. The number of hydrogen-bond acceptors (Lipinski definition) is 4. The Labute approximate surface area is 106 Å². The summed E-state index contributed by atoms with van der Waals surface area (Å²) >= 11 is 0. The van der Waals surface area contributed by atoms with Crippen molar-refractivity contribution in [2.24, 2.45) is 0 Å². The van der Waals surface area contributed by atoms with Crippen molar-refractivity contribution in [3.63, 3.8) is 0 Å². The Kier molecular flexibility index (Phi) is 3.87. The van der Waals surface area contributed by atoms with Gasteiger partial charge in [0.2, 0.25) is 0 Å². The Balaban J connectivity index is 2.04. The molecule has 0 saturated carbocycles. The average molecular weight is 274 g/mol. The van der Waals surface area contributed by atoms with Crippen molar-refractivity contribution in [2.75, 3.05) is 13.2 Å². The minimum Gasteiger partial charge on any atom is -0.491 e. The molecule has 1 aliphatic rings. The third kappa shape index (κ3) is 3.20. The van der Waals surface area contributed by atoms with Crippen LogP contribution in [0.5, 0.6) is 5.75 Å². The third-order valence-corrected chi connectivity index (χ3v) is 3.85. The molecule has 18 heavy (non-hydrogen) atoms. The SMILES string of the molecule is Cc1cc(OCC2CCCO2)ccc1S(=O)(=O)F. The lowest BCUT2D eigenvalue weighted by atomic mass is 10.2. The van der Waals surface area contributed by atoms with Gasteiger partial charge in [0, 0.05) is 6.61 Å². The number of halogens is 1. The van der Waals surface area contributed by atoms with E-state index in [4.69, 9.17) is 9.47 Å². The lowest BCUT2D eigenvalue weighted by molar-refractivity contribution is 0.0679. The van der Waals surface area contributed by atoms with E-state index in [1.807, 2.05) is 0 Å². The van der Waals surface area contributed by atoms with Crippen LogP contribution in [0, 0.1) is 6.92 Å². The van der Waals surface area contributed by atoms with Crippen LogP contribution in [0.2, 0.25) is 0 Å². The fourth-order valence-corrected chi connectivity index (χ4v) is 2.62. The molecule has 0 spiro atoms. The minimum atomic E-state index is -4.66. The van der Waals surface area contributed by atoms with E-state index in [0.717, 1.165) is 19.4 Å². The molecule has 100 valence electrons. The van der Waals surface area contributed by atoms with Crippen LogP contribution in [0.25, 0.3) is 0 Å². The van der Waals surface area contributed by atoms with Crippen LogP contribution in [0.3, 0.4) is 0 Å². The maximum absolute atomic E-state index is 12.9. The third-order valence-electron chi connectivity index (χ3n) is 2.87. The van der Waals surface area contributed by atoms with Crippen LogP contribution in [-0.4, -0.2) is 27.7 Å². The van der Waals surface area contributed by atoms with Crippen molar-refractivity contribution in [1.29, 1.82) is 0 Å². The van der Waals surface area contributed by atoms with E-state index < -0.39 is 10.2 Å². The first-order valence-electron chi connectivity index (χ1n) is 5.76. The van der Waals surface area contributed by atoms with Gasteiger partial charge in [-0.15, -0.1) is 3.89 Å². The highest BCUT2D eigenvalue weighted by atomic mass is 32.3. The average Bonchev–Trinajstić information content (AvgIpc) is 2.77. The molecule has 0 aliphatic carbocycles. The van der Waals surface area contributed by atoms with Crippen LogP contribution in [0.15, 0.2) is 23.1 Å². The van der Waals surface area contributed by atoms with Crippen molar-refractivity contribution in [3.8, 4) is 5.75 Å². The largest absolute Gasteiger partial charge is 0.491 e. The summed E-state index contributed by atoms with van der Waals surface area (Å²) in [5.74, 6) is 0.524. The van der Waals surface area contributed by atoms with Crippen molar-refractivity contribution < 1.29 is 21.8 Å². The van der Waals surface area contributed by atoms with Gasteiger partial charge >= 0.3 is 10.2 Å². The van der Waals surface area contributed by atoms with E-state index in [9.17, 15) is 12.3 Å². The molecular formula is C12H15FO4S. The summed E-state index contributed by atoms with van der Waals surface area (Å²) in [4.78, 5) is -0.313. The molecule has 1 aromatic carbocycles. The van der Waals surface area contributed by atoms with E-state index in [1.54, 1.807) is 0 Å². The molecule has 1 aliphatic heterocycles. The summed E-state index contributed by atoms with van der Waals surface area (Å²) < 4.78 is 45.4. The van der Waals surface area contributed by atoms with Gasteiger partial charge in [-0.3, -0.25) is 0 Å². The molecule has 4 nitrogen and oxygen atoms in total. The first-order valence-corrected chi connectivity index (χ1v) is 7.15. The standard InChI is InChI=1S/C12H15FO4S/c1-9-7-10(4-5-12(9)18(13,14)15)17-8-11-3-2-6-16-11/h4-5,7,11H,2-3,6,8H2,1H3. The predicted molar refractivity (Wildman–Crippen MR) is 63.9 cm³/mol. The van der Waals surface area contributed by atoms with Crippen molar-refractivity contribution >= 4 is 10.2 Å². The zero-order valence-corrected chi connectivity index (χ0v) is 10.9. The Morgan fingerprint density at radius 1 is 1.50 bits per heavy atom. The van der Waals surface area contributed by atoms with Crippen molar-refractivity contribution in [3.05, 3.63) is 23.8 Å². The van der Waals surface area contributed by atoms with Gasteiger partial charge in [-0.2, -0.15) is 8.42 Å². The minimum absolute atomic E-state index is 0.0925. The van der Waals surface area contributed by atoms with Crippen molar-refractivity contribution in [2.45, 2.75) is 30.8 Å². The smallest absolute Gasteiger partial charge is 0.332 e. The molecule has 1 heterocycles. The highest BCUT2D eigenvalue weighted by Crippen LogP contribution is 2.23. The van der Waals surface area contributed by atoms with Crippen molar-refractivity contribution in [1.82, 2.24) is 0 Å². The van der Waals surface area contributed by atoms with Gasteiger partial charge in [0.1, 0.15) is 17.3 Å². The summed E-state index contributed by atoms with van der Waals surface area (Å²) in [6, 6.07) is 4.19. The van der Waals surface area contributed by atoms with Gasteiger partial charge in [-0.05, 0) is 43.5 Å². The van der Waals surface area contributed by atoms with Crippen LogP contribution in [0.1, 0.15) is 18.4 Å². The molecule has 1 atom stereocenters. The first kappa shape index (κ1) is 13.3. The molecule has 6 heteroatoms. The Morgan fingerprint density at radius 2 is 2.28 bits per heavy atom. The van der Waals surface area contributed by atoms with E-state index in [2.05, 4.69) is 0 Å². The molecule has 0 aromatic heterocycles. The number of hydrogen-bond donors (Lipinski definition) is 0. The lowest BCUT2D eigenvalue weighted by Crippen LogP contribution is -2.16. The molecule has 2 rings (SSSR count). The molecule has 0 N–H and O–H groups in total. The van der Waals surface area contributed by atoms with Crippen LogP contribution < -0.4 is 4.74 Å². The summed E-state index contributed by atoms with van der Waals surface area (Å²) in [7, 11) is -4.66. The summed E-state index contributed by atoms with van der Waals surface area (Å²) in [5.41, 5.74) is 0.336. The van der Waals surface area contributed by atoms with Gasteiger partial charge in [0.25, 0.3) is 0 Å². The Morgan fingerprint density at radius 3 is 2.83 bits per heavy atom. The fourth-order valence-electron chi connectivity index (χ4n) is 1.95. The maximum Gasteiger partial charge on any atom is 0.332 e.